The molecule has 6 heteroatoms. The summed E-state index contributed by atoms with van der Waals surface area (Å²) >= 11 is 0. The summed E-state index contributed by atoms with van der Waals surface area (Å²) in [4.78, 5) is 37.6. The zero-order valence-corrected chi connectivity index (χ0v) is 18.7. The second-order valence-electron chi connectivity index (χ2n) is 8.80. The average Bonchev–Trinajstić information content (AvgIpc) is 2.87. The van der Waals surface area contributed by atoms with Gasteiger partial charge in [0.05, 0.1) is 12.7 Å². The van der Waals surface area contributed by atoms with Crippen molar-refractivity contribution in [1.29, 1.82) is 0 Å². The highest BCUT2D eigenvalue weighted by Crippen LogP contribution is 2.43. The summed E-state index contributed by atoms with van der Waals surface area (Å²) in [5.74, 6) is -1.82. The molecule has 1 fully saturated rings. The number of ketones is 2. The minimum absolute atomic E-state index is 0.0733. The van der Waals surface area contributed by atoms with Gasteiger partial charge in [-0.2, -0.15) is 0 Å². The summed E-state index contributed by atoms with van der Waals surface area (Å²) in [5.41, 5.74) is 0.173. The molecule has 1 aromatic rings. The number of rotatable bonds is 9. The summed E-state index contributed by atoms with van der Waals surface area (Å²) < 4.78 is 10.7. The van der Waals surface area contributed by atoms with E-state index >= 15 is 0 Å². The monoisotopic (exact) mass is 416 g/mol. The Balaban J connectivity index is 2.12. The molecular weight excluding hydrogens is 384 g/mol. The maximum Gasteiger partial charge on any atom is 0.317 e. The third kappa shape index (κ3) is 5.29. The van der Waals surface area contributed by atoms with Crippen LogP contribution in [0.15, 0.2) is 29.8 Å². The van der Waals surface area contributed by atoms with Crippen molar-refractivity contribution in [3.63, 3.8) is 0 Å². The maximum absolute atomic E-state index is 13.0. The number of ether oxygens (including phenoxy) is 2. The Labute approximate surface area is 178 Å². The van der Waals surface area contributed by atoms with Gasteiger partial charge in [-0.1, -0.05) is 26.3 Å². The summed E-state index contributed by atoms with van der Waals surface area (Å²) in [6.45, 7) is 9.52. The first-order chi connectivity index (χ1) is 14.0. The van der Waals surface area contributed by atoms with E-state index in [-0.39, 0.29) is 23.0 Å². The highest BCUT2D eigenvalue weighted by Gasteiger charge is 2.53. The van der Waals surface area contributed by atoms with Crippen molar-refractivity contribution in [3.8, 4) is 11.5 Å². The molecule has 1 N–H and O–H groups in total. The normalized spacial score (nSPS) is 24.1. The van der Waals surface area contributed by atoms with E-state index in [1.807, 2.05) is 34.6 Å². The quantitative estimate of drug-likeness (QED) is 0.276. The fraction of sp³-hybridized carbons (Fsp3) is 0.542. The maximum atomic E-state index is 13.0. The second kappa shape index (κ2) is 9.45. The highest BCUT2D eigenvalue weighted by molar-refractivity contribution is 6.11. The van der Waals surface area contributed by atoms with Gasteiger partial charge in [0.2, 0.25) is 0 Å². The number of cyclic esters (lactones) is 1. The fourth-order valence-corrected chi connectivity index (χ4v) is 3.82. The van der Waals surface area contributed by atoms with Gasteiger partial charge in [-0.3, -0.25) is 14.4 Å². The van der Waals surface area contributed by atoms with Crippen LogP contribution in [0.3, 0.4) is 0 Å². The number of phenolic OH excluding ortho intramolecular Hbond substituents is 1. The van der Waals surface area contributed by atoms with Gasteiger partial charge in [-0.05, 0) is 50.8 Å². The molecule has 0 amide bonds. The summed E-state index contributed by atoms with van der Waals surface area (Å²) in [6.07, 6.45) is 3.26. The SMILES string of the molecule is COc1ccc(C(=O)[C@H]2C(=O)O[C@@](C)(CC/C(C)=C/C(=O)CC(C)C)[C@@H]2C)c(O)c1. The van der Waals surface area contributed by atoms with E-state index in [0.29, 0.717) is 30.9 Å². The van der Waals surface area contributed by atoms with Crippen molar-refractivity contribution in [2.45, 2.75) is 59.5 Å². The molecular formula is C24H32O6. The van der Waals surface area contributed by atoms with Crippen LogP contribution < -0.4 is 4.74 Å². The standard InChI is InChI=1S/C24H32O6/c1-14(2)11-17(25)12-15(3)9-10-24(5)16(4)21(23(28)30-24)22(27)19-8-7-18(29-6)13-20(19)26/h7-8,12-14,16,21,26H,9-11H2,1-6H3/b15-12+/t16-,21+,24+/m1/s1. The summed E-state index contributed by atoms with van der Waals surface area (Å²) in [7, 11) is 1.46. The van der Waals surface area contributed by atoms with E-state index in [9.17, 15) is 19.5 Å². The smallest absolute Gasteiger partial charge is 0.317 e. The Bertz CT molecular complexity index is 853. The number of Topliss-reactive ketones (excluding diaryl/α,β-unsaturated/α-hetero) is 1. The summed E-state index contributed by atoms with van der Waals surface area (Å²) in [5, 5.41) is 10.2. The van der Waals surface area contributed by atoms with Gasteiger partial charge < -0.3 is 14.6 Å². The van der Waals surface area contributed by atoms with Gasteiger partial charge >= 0.3 is 5.97 Å². The van der Waals surface area contributed by atoms with E-state index in [1.54, 1.807) is 12.1 Å². The summed E-state index contributed by atoms with van der Waals surface area (Å²) in [6, 6.07) is 4.37. The van der Waals surface area contributed by atoms with Crippen LogP contribution in [0.4, 0.5) is 0 Å². The Hall–Kier alpha value is -2.63. The molecule has 0 spiro atoms. The van der Waals surface area contributed by atoms with Crippen molar-refractivity contribution in [2.24, 2.45) is 17.8 Å². The molecule has 3 atom stereocenters. The number of aromatic hydroxyl groups is 1. The molecule has 1 aliphatic heterocycles. The van der Waals surface area contributed by atoms with E-state index in [2.05, 4.69) is 0 Å². The number of esters is 1. The van der Waals surface area contributed by atoms with Crippen LogP contribution in [0.5, 0.6) is 11.5 Å². The molecule has 0 saturated carbocycles. The van der Waals surface area contributed by atoms with Crippen molar-refractivity contribution in [2.75, 3.05) is 7.11 Å². The van der Waals surface area contributed by atoms with Crippen molar-refractivity contribution in [3.05, 3.63) is 35.4 Å². The number of hydrogen-bond donors (Lipinski definition) is 1. The van der Waals surface area contributed by atoms with Gasteiger partial charge in [0.1, 0.15) is 23.0 Å². The number of phenols is 1. The van der Waals surface area contributed by atoms with Crippen LogP contribution in [-0.4, -0.2) is 35.4 Å². The van der Waals surface area contributed by atoms with E-state index in [0.717, 1.165) is 5.57 Å². The molecule has 0 radical (unpaired) electrons. The first kappa shape index (κ1) is 23.6. The molecule has 1 saturated heterocycles. The molecule has 1 aromatic carbocycles. The predicted molar refractivity (Wildman–Crippen MR) is 114 cm³/mol. The fourth-order valence-electron chi connectivity index (χ4n) is 3.82. The highest BCUT2D eigenvalue weighted by atomic mass is 16.6. The van der Waals surface area contributed by atoms with E-state index in [1.165, 1.54) is 19.2 Å². The number of allylic oxidation sites excluding steroid dienone is 2. The Kier molecular flexibility index (Phi) is 7.45. The van der Waals surface area contributed by atoms with Crippen molar-refractivity contribution < 1.29 is 29.0 Å². The number of hydrogen-bond acceptors (Lipinski definition) is 6. The van der Waals surface area contributed by atoms with E-state index in [4.69, 9.17) is 9.47 Å². The zero-order chi connectivity index (χ0) is 22.6. The number of methoxy groups -OCH3 is 1. The van der Waals surface area contributed by atoms with Crippen LogP contribution in [0.2, 0.25) is 0 Å². The van der Waals surface area contributed by atoms with Crippen LogP contribution in [-0.2, 0) is 14.3 Å². The molecule has 1 heterocycles. The zero-order valence-electron chi connectivity index (χ0n) is 18.7. The van der Waals surface area contributed by atoms with Crippen molar-refractivity contribution in [1.82, 2.24) is 0 Å². The van der Waals surface area contributed by atoms with Gasteiger partial charge in [0, 0.05) is 18.4 Å². The minimum atomic E-state index is -0.985. The van der Waals surface area contributed by atoms with Gasteiger partial charge in [0.15, 0.2) is 11.6 Å². The number of benzene rings is 1. The third-order valence-corrected chi connectivity index (χ3v) is 5.84. The van der Waals surface area contributed by atoms with Crippen molar-refractivity contribution >= 4 is 17.5 Å². The Morgan fingerprint density at radius 1 is 1.33 bits per heavy atom. The largest absolute Gasteiger partial charge is 0.507 e. The van der Waals surface area contributed by atoms with Crippen LogP contribution >= 0.6 is 0 Å². The number of carbonyl (C=O) groups is 3. The molecule has 2 rings (SSSR count). The lowest BCUT2D eigenvalue weighted by atomic mass is 9.77. The Morgan fingerprint density at radius 2 is 2.00 bits per heavy atom. The molecule has 0 aliphatic carbocycles. The molecule has 30 heavy (non-hydrogen) atoms. The third-order valence-electron chi connectivity index (χ3n) is 5.84. The first-order valence-electron chi connectivity index (χ1n) is 10.3. The lowest BCUT2D eigenvalue weighted by Gasteiger charge is -2.28. The van der Waals surface area contributed by atoms with Crippen LogP contribution in [0, 0.1) is 17.8 Å². The van der Waals surface area contributed by atoms with Gasteiger partial charge in [-0.15, -0.1) is 0 Å². The molecule has 1 aliphatic rings. The topological polar surface area (TPSA) is 89.9 Å². The van der Waals surface area contributed by atoms with Gasteiger partial charge in [0.25, 0.3) is 0 Å². The molecule has 164 valence electrons. The van der Waals surface area contributed by atoms with Crippen LogP contribution in [0.1, 0.15) is 64.2 Å². The minimum Gasteiger partial charge on any atom is -0.507 e. The van der Waals surface area contributed by atoms with E-state index < -0.39 is 23.3 Å². The molecule has 6 nitrogen and oxygen atoms in total. The number of carbonyl (C=O) groups excluding carboxylic acids is 3. The predicted octanol–water partition coefficient (Wildman–Crippen LogP) is 4.49. The second-order valence-corrected chi connectivity index (χ2v) is 8.80. The molecule has 0 bridgehead atoms. The first-order valence-corrected chi connectivity index (χ1v) is 10.3. The average molecular weight is 417 g/mol. The van der Waals surface area contributed by atoms with Gasteiger partial charge in [-0.25, -0.2) is 0 Å². The molecule has 0 aromatic heterocycles. The Morgan fingerprint density at radius 3 is 2.57 bits per heavy atom. The van der Waals surface area contributed by atoms with Crippen LogP contribution in [0.25, 0.3) is 0 Å². The molecule has 0 unspecified atom stereocenters. The lowest BCUT2D eigenvalue weighted by Crippen LogP contribution is -2.33. The lowest BCUT2D eigenvalue weighted by molar-refractivity contribution is -0.149.